The molecule has 162 valence electrons. The van der Waals surface area contributed by atoms with Crippen molar-refractivity contribution in [2.24, 2.45) is 0 Å². The maximum absolute atomic E-state index is 6.27. The first-order chi connectivity index (χ1) is 14.6. The number of likely N-dealkylation sites (tertiary alicyclic amines) is 1. The predicted molar refractivity (Wildman–Crippen MR) is 115 cm³/mol. The summed E-state index contributed by atoms with van der Waals surface area (Å²) in [6, 6.07) is 1.11. The molecule has 3 aliphatic rings. The zero-order valence-electron chi connectivity index (χ0n) is 17.4. The minimum Gasteiger partial charge on any atom is -0.475 e. The molecule has 2 N–H and O–H groups in total. The fourth-order valence-corrected chi connectivity index (χ4v) is 4.45. The molecule has 5 rings (SSSR count). The fourth-order valence-electron chi connectivity index (χ4n) is 4.30. The number of nitrogens with zero attached hydrogens (tertiary/aromatic N) is 5. The summed E-state index contributed by atoms with van der Waals surface area (Å²) in [5.74, 6) is 1.71. The van der Waals surface area contributed by atoms with Crippen LogP contribution < -0.4 is 15.4 Å². The van der Waals surface area contributed by atoms with Crippen LogP contribution in [0.3, 0.4) is 0 Å². The molecule has 10 heteroatoms. The van der Waals surface area contributed by atoms with Crippen molar-refractivity contribution < 1.29 is 9.47 Å². The Morgan fingerprint density at radius 3 is 2.70 bits per heavy atom. The van der Waals surface area contributed by atoms with Crippen LogP contribution in [0.5, 0.6) is 5.88 Å². The summed E-state index contributed by atoms with van der Waals surface area (Å²) in [6.45, 7) is 8.60. The number of nitrogens with one attached hydrogen (secondary N) is 2. The standard InChI is InChI=1S/C20H28ClN7O2/c1-12-5-8-30-19-17(24-20-22-9-16(21)18(23-12)25-20)13(2)28(26-19)14-3-6-27(7-4-14)15-10-29-11-15/h9,12,14-15H,3-8,10-11H2,1-2H3,(H2,22,23,24,25). The lowest BCUT2D eigenvalue weighted by Gasteiger charge is -2.41. The first kappa shape index (κ1) is 19.8. The quantitative estimate of drug-likeness (QED) is 0.747. The Labute approximate surface area is 181 Å². The minimum atomic E-state index is 0.162. The average Bonchev–Trinajstić information content (AvgIpc) is 2.98. The summed E-state index contributed by atoms with van der Waals surface area (Å²) < 4.78 is 13.6. The van der Waals surface area contributed by atoms with Gasteiger partial charge in [-0.15, -0.1) is 5.10 Å². The number of aromatic nitrogens is 4. The third-order valence-electron chi connectivity index (χ3n) is 6.25. The zero-order valence-corrected chi connectivity index (χ0v) is 18.2. The van der Waals surface area contributed by atoms with Gasteiger partial charge in [-0.2, -0.15) is 4.98 Å². The Morgan fingerprint density at radius 1 is 1.17 bits per heavy atom. The van der Waals surface area contributed by atoms with Gasteiger partial charge in [-0.05, 0) is 26.7 Å². The summed E-state index contributed by atoms with van der Waals surface area (Å²) >= 11 is 6.27. The molecule has 2 aromatic heterocycles. The van der Waals surface area contributed by atoms with Gasteiger partial charge in [0.15, 0.2) is 5.82 Å². The smallest absolute Gasteiger partial charge is 0.257 e. The molecule has 0 saturated carbocycles. The molecule has 0 amide bonds. The molecule has 1 unspecified atom stereocenters. The van der Waals surface area contributed by atoms with Crippen LogP contribution in [0.25, 0.3) is 0 Å². The molecule has 2 aromatic rings. The van der Waals surface area contributed by atoms with Gasteiger partial charge in [0.05, 0.1) is 43.8 Å². The summed E-state index contributed by atoms with van der Waals surface area (Å²) in [5, 5.41) is 12.0. The Hall–Kier alpha value is -2.10. The van der Waals surface area contributed by atoms with Gasteiger partial charge in [-0.3, -0.25) is 9.58 Å². The van der Waals surface area contributed by atoms with E-state index >= 15 is 0 Å². The van der Waals surface area contributed by atoms with Crippen LogP contribution in [0.4, 0.5) is 17.5 Å². The van der Waals surface area contributed by atoms with Crippen molar-refractivity contribution in [3.63, 3.8) is 0 Å². The highest BCUT2D eigenvalue weighted by atomic mass is 35.5. The number of rotatable bonds is 2. The van der Waals surface area contributed by atoms with E-state index in [0.29, 0.717) is 41.4 Å². The second kappa shape index (κ2) is 8.20. The number of halogens is 1. The van der Waals surface area contributed by atoms with Gasteiger partial charge in [0.1, 0.15) is 10.7 Å². The Bertz CT molecular complexity index is 909. The Morgan fingerprint density at radius 2 is 1.97 bits per heavy atom. The predicted octanol–water partition coefficient (Wildman–Crippen LogP) is 3.00. The maximum Gasteiger partial charge on any atom is 0.257 e. The van der Waals surface area contributed by atoms with E-state index < -0.39 is 0 Å². The van der Waals surface area contributed by atoms with Crippen molar-refractivity contribution in [1.29, 1.82) is 0 Å². The Balaban J connectivity index is 1.40. The molecule has 0 radical (unpaired) electrons. The summed E-state index contributed by atoms with van der Waals surface area (Å²) in [6.07, 6.45) is 4.56. The largest absolute Gasteiger partial charge is 0.475 e. The molecule has 3 aliphatic heterocycles. The molecular formula is C20H28ClN7O2. The monoisotopic (exact) mass is 433 g/mol. The third kappa shape index (κ3) is 3.81. The van der Waals surface area contributed by atoms with E-state index in [1.807, 2.05) is 0 Å². The summed E-state index contributed by atoms with van der Waals surface area (Å²) in [5.41, 5.74) is 1.86. The zero-order chi connectivity index (χ0) is 20.7. The molecular weight excluding hydrogens is 406 g/mol. The van der Waals surface area contributed by atoms with Gasteiger partial charge in [-0.1, -0.05) is 11.6 Å². The number of hydrogen-bond acceptors (Lipinski definition) is 8. The normalized spacial score (nSPS) is 23.4. The van der Waals surface area contributed by atoms with Crippen LogP contribution in [0.15, 0.2) is 6.20 Å². The lowest BCUT2D eigenvalue weighted by atomic mass is 10.0. The molecule has 0 spiro atoms. The minimum absolute atomic E-state index is 0.162. The molecule has 2 bridgehead atoms. The molecule has 2 fully saturated rings. The lowest BCUT2D eigenvalue weighted by molar-refractivity contribution is -0.0735. The number of anilines is 3. The van der Waals surface area contributed by atoms with E-state index in [4.69, 9.17) is 26.2 Å². The lowest BCUT2D eigenvalue weighted by Crippen LogP contribution is -2.52. The molecule has 2 saturated heterocycles. The highest BCUT2D eigenvalue weighted by Gasteiger charge is 2.32. The SMILES string of the molecule is Cc1c2c(nn1C1CCN(C3COC3)CC1)OCCC(C)Nc1nc(ncc1Cl)N2. The van der Waals surface area contributed by atoms with Crippen LogP contribution >= 0.6 is 11.6 Å². The van der Waals surface area contributed by atoms with Crippen molar-refractivity contribution in [3.05, 3.63) is 16.9 Å². The van der Waals surface area contributed by atoms with Crippen LogP contribution in [0.2, 0.25) is 5.02 Å². The van der Waals surface area contributed by atoms with E-state index in [9.17, 15) is 0 Å². The van der Waals surface area contributed by atoms with E-state index in [2.05, 4.69) is 44.0 Å². The molecule has 9 nitrogen and oxygen atoms in total. The van der Waals surface area contributed by atoms with Crippen molar-refractivity contribution in [3.8, 4) is 5.88 Å². The second-order valence-corrected chi connectivity index (χ2v) is 8.77. The van der Waals surface area contributed by atoms with Gasteiger partial charge >= 0.3 is 0 Å². The van der Waals surface area contributed by atoms with Gasteiger partial charge < -0.3 is 20.1 Å². The maximum atomic E-state index is 6.27. The summed E-state index contributed by atoms with van der Waals surface area (Å²) in [7, 11) is 0. The molecule has 5 heterocycles. The van der Waals surface area contributed by atoms with Gasteiger partial charge in [0.2, 0.25) is 5.95 Å². The number of ether oxygens (including phenoxy) is 2. The van der Waals surface area contributed by atoms with Crippen molar-refractivity contribution in [2.45, 2.75) is 51.2 Å². The first-order valence-corrected chi connectivity index (χ1v) is 11.1. The first-order valence-electron chi connectivity index (χ1n) is 10.7. The molecule has 0 aliphatic carbocycles. The molecule has 30 heavy (non-hydrogen) atoms. The Kier molecular flexibility index (Phi) is 5.43. The molecule has 0 aromatic carbocycles. The van der Waals surface area contributed by atoms with Gasteiger partial charge in [-0.25, -0.2) is 4.98 Å². The van der Waals surface area contributed by atoms with Crippen molar-refractivity contribution in [2.75, 3.05) is 43.5 Å². The number of hydrogen-bond donors (Lipinski definition) is 2. The van der Waals surface area contributed by atoms with Crippen LogP contribution in [0.1, 0.15) is 37.9 Å². The van der Waals surface area contributed by atoms with Crippen LogP contribution in [0, 0.1) is 6.92 Å². The van der Waals surface area contributed by atoms with Crippen LogP contribution in [-0.4, -0.2) is 69.6 Å². The highest BCUT2D eigenvalue weighted by Crippen LogP contribution is 2.35. The molecule has 1 atom stereocenters. The average molecular weight is 434 g/mol. The fraction of sp³-hybridized carbons (Fsp3) is 0.650. The number of piperidine rings is 1. The highest BCUT2D eigenvalue weighted by molar-refractivity contribution is 6.32. The number of fused-ring (bicyclic) bond motifs is 3. The summed E-state index contributed by atoms with van der Waals surface area (Å²) in [4.78, 5) is 11.4. The van der Waals surface area contributed by atoms with Crippen molar-refractivity contribution in [1.82, 2.24) is 24.6 Å². The van der Waals surface area contributed by atoms with Gasteiger partial charge in [0, 0.05) is 25.6 Å². The van der Waals surface area contributed by atoms with E-state index in [0.717, 1.165) is 56.9 Å². The van der Waals surface area contributed by atoms with Gasteiger partial charge in [0.25, 0.3) is 5.88 Å². The second-order valence-electron chi connectivity index (χ2n) is 8.37. The van der Waals surface area contributed by atoms with Crippen molar-refractivity contribution >= 4 is 29.1 Å². The van der Waals surface area contributed by atoms with Crippen LogP contribution in [-0.2, 0) is 4.74 Å². The third-order valence-corrected chi connectivity index (χ3v) is 6.53. The topological polar surface area (TPSA) is 89.4 Å². The van der Waals surface area contributed by atoms with E-state index in [1.165, 1.54) is 0 Å². The van der Waals surface area contributed by atoms with E-state index in [-0.39, 0.29) is 6.04 Å². The van der Waals surface area contributed by atoms with E-state index in [1.54, 1.807) is 6.20 Å².